The molecule has 6 heteroatoms. The molecule has 0 saturated carbocycles. The third-order valence-electron chi connectivity index (χ3n) is 3.43. The van der Waals surface area contributed by atoms with Crippen molar-refractivity contribution in [3.63, 3.8) is 0 Å². The van der Waals surface area contributed by atoms with Crippen molar-refractivity contribution in [3.8, 4) is 5.88 Å². The normalized spacial score (nSPS) is 13.1. The molecule has 1 N–H and O–H groups in total. The second-order valence-corrected chi connectivity index (χ2v) is 7.52. The van der Waals surface area contributed by atoms with Crippen LogP contribution in [0.15, 0.2) is 18.3 Å². The minimum atomic E-state index is -2.87. The summed E-state index contributed by atoms with van der Waals surface area (Å²) in [4.78, 5) is 4.20. The Kier molecular flexibility index (Phi) is 7.67. The lowest BCUT2D eigenvalue weighted by molar-refractivity contribution is 0.397. The van der Waals surface area contributed by atoms with Gasteiger partial charge in [-0.1, -0.05) is 19.9 Å². The van der Waals surface area contributed by atoms with E-state index in [1.807, 2.05) is 18.3 Å². The Morgan fingerprint density at radius 1 is 1.33 bits per heavy atom. The second-order valence-electron chi connectivity index (χ2n) is 5.05. The van der Waals surface area contributed by atoms with Crippen molar-refractivity contribution in [1.82, 2.24) is 10.3 Å². The van der Waals surface area contributed by atoms with Gasteiger partial charge in [0.15, 0.2) is 0 Å². The molecule has 21 heavy (non-hydrogen) atoms. The second kappa shape index (κ2) is 9.00. The molecule has 5 nitrogen and oxygen atoms in total. The number of sulfone groups is 1. The van der Waals surface area contributed by atoms with E-state index in [-0.39, 0.29) is 17.5 Å². The minimum absolute atomic E-state index is 0.223. The van der Waals surface area contributed by atoms with Gasteiger partial charge in [-0.15, -0.1) is 0 Å². The number of hydrogen-bond donors (Lipinski definition) is 1. The van der Waals surface area contributed by atoms with Gasteiger partial charge in [-0.2, -0.15) is 0 Å². The van der Waals surface area contributed by atoms with Crippen molar-refractivity contribution in [2.75, 3.05) is 25.2 Å². The molecule has 0 saturated heterocycles. The van der Waals surface area contributed by atoms with E-state index in [2.05, 4.69) is 17.2 Å². The predicted octanol–water partition coefficient (Wildman–Crippen LogP) is 1.83. The zero-order valence-electron chi connectivity index (χ0n) is 13.1. The fourth-order valence-corrected chi connectivity index (χ4v) is 3.09. The summed E-state index contributed by atoms with van der Waals surface area (Å²) < 4.78 is 28.1. The van der Waals surface area contributed by atoms with Gasteiger partial charge in [0.25, 0.3) is 0 Å². The zero-order chi connectivity index (χ0) is 15.7. The average molecular weight is 314 g/mol. The number of hydrogen-bond acceptors (Lipinski definition) is 5. The van der Waals surface area contributed by atoms with Crippen LogP contribution in [0.1, 0.15) is 32.3 Å². The fourth-order valence-electron chi connectivity index (χ4n) is 2.20. The number of likely N-dealkylation sites (N-methyl/N-ethyl adjacent to an activating group) is 1. The average Bonchev–Trinajstić information content (AvgIpc) is 2.48. The molecule has 0 aliphatic heterocycles. The summed E-state index contributed by atoms with van der Waals surface area (Å²) in [5, 5.41) is 3.41. The van der Waals surface area contributed by atoms with Crippen LogP contribution in [0.2, 0.25) is 0 Å². The molecule has 0 bridgehead atoms. The highest BCUT2D eigenvalue weighted by molar-refractivity contribution is 7.91. The van der Waals surface area contributed by atoms with E-state index < -0.39 is 9.84 Å². The maximum absolute atomic E-state index is 11.5. The summed E-state index contributed by atoms with van der Waals surface area (Å²) in [5.74, 6) is 1.10. The van der Waals surface area contributed by atoms with Gasteiger partial charge in [-0.05, 0) is 31.4 Å². The monoisotopic (exact) mass is 314 g/mol. The highest BCUT2D eigenvalue weighted by Crippen LogP contribution is 2.11. The van der Waals surface area contributed by atoms with Crippen LogP contribution in [0, 0.1) is 0 Å². The SMILES string of the molecule is CCNC(CCCS(=O)(=O)CC)Cc1ccc(OC)nc1. The smallest absolute Gasteiger partial charge is 0.212 e. The topological polar surface area (TPSA) is 68.3 Å². The standard InChI is InChI=1S/C15H26N2O3S/c1-4-16-14(7-6-10-21(18,19)5-2)11-13-8-9-15(20-3)17-12-13/h8-9,12,14,16H,4-7,10-11H2,1-3H3. The van der Waals surface area contributed by atoms with Crippen molar-refractivity contribution >= 4 is 9.84 Å². The van der Waals surface area contributed by atoms with Crippen molar-refractivity contribution in [2.45, 2.75) is 39.2 Å². The van der Waals surface area contributed by atoms with E-state index in [9.17, 15) is 8.42 Å². The molecule has 1 atom stereocenters. The summed E-state index contributed by atoms with van der Waals surface area (Å²) in [5.41, 5.74) is 1.13. The number of methoxy groups -OCH3 is 1. The first-order chi connectivity index (χ1) is 10.0. The number of nitrogens with one attached hydrogen (secondary N) is 1. The molecule has 1 rings (SSSR count). The highest BCUT2D eigenvalue weighted by Gasteiger charge is 2.12. The van der Waals surface area contributed by atoms with Crippen LogP contribution in [0.25, 0.3) is 0 Å². The van der Waals surface area contributed by atoms with Gasteiger partial charge in [0.05, 0.1) is 12.9 Å². The van der Waals surface area contributed by atoms with Crippen molar-refractivity contribution in [3.05, 3.63) is 23.9 Å². The number of ether oxygens (including phenoxy) is 1. The van der Waals surface area contributed by atoms with E-state index in [1.54, 1.807) is 14.0 Å². The largest absolute Gasteiger partial charge is 0.481 e. The molecule has 0 aliphatic rings. The van der Waals surface area contributed by atoms with Crippen LogP contribution in [-0.2, 0) is 16.3 Å². The molecule has 0 amide bonds. The van der Waals surface area contributed by atoms with Crippen LogP contribution < -0.4 is 10.1 Å². The summed E-state index contributed by atoms with van der Waals surface area (Å²) in [7, 11) is -1.27. The lowest BCUT2D eigenvalue weighted by Crippen LogP contribution is -2.31. The molecule has 1 unspecified atom stereocenters. The van der Waals surface area contributed by atoms with Crippen molar-refractivity contribution in [2.24, 2.45) is 0 Å². The lowest BCUT2D eigenvalue weighted by Gasteiger charge is -2.17. The molecule has 1 heterocycles. The Balaban J connectivity index is 2.52. The number of aromatic nitrogens is 1. The minimum Gasteiger partial charge on any atom is -0.481 e. The van der Waals surface area contributed by atoms with Gasteiger partial charge < -0.3 is 10.1 Å². The van der Waals surface area contributed by atoms with Gasteiger partial charge >= 0.3 is 0 Å². The third-order valence-corrected chi connectivity index (χ3v) is 5.22. The molecule has 0 spiro atoms. The van der Waals surface area contributed by atoms with Crippen molar-refractivity contribution < 1.29 is 13.2 Å². The Bertz CT molecular complexity index is 500. The van der Waals surface area contributed by atoms with E-state index in [0.717, 1.165) is 24.9 Å². The molecule has 0 aliphatic carbocycles. The van der Waals surface area contributed by atoms with E-state index in [4.69, 9.17) is 4.74 Å². The van der Waals surface area contributed by atoms with Gasteiger partial charge in [-0.3, -0.25) is 0 Å². The zero-order valence-corrected chi connectivity index (χ0v) is 13.9. The summed E-state index contributed by atoms with van der Waals surface area (Å²) in [6.07, 6.45) is 4.19. The Morgan fingerprint density at radius 3 is 2.62 bits per heavy atom. The van der Waals surface area contributed by atoms with Crippen LogP contribution in [0.5, 0.6) is 5.88 Å². The van der Waals surface area contributed by atoms with Crippen molar-refractivity contribution in [1.29, 1.82) is 0 Å². The predicted molar refractivity (Wildman–Crippen MR) is 85.5 cm³/mol. The van der Waals surface area contributed by atoms with Crippen LogP contribution >= 0.6 is 0 Å². The van der Waals surface area contributed by atoms with Gasteiger partial charge in [0.2, 0.25) is 5.88 Å². The number of pyridine rings is 1. The highest BCUT2D eigenvalue weighted by atomic mass is 32.2. The fraction of sp³-hybridized carbons (Fsp3) is 0.667. The lowest BCUT2D eigenvalue weighted by atomic mass is 10.0. The molecule has 1 aromatic rings. The molecule has 0 aromatic carbocycles. The maximum atomic E-state index is 11.5. The summed E-state index contributed by atoms with van der Waals surface area (Å²) in [6.45, 7) is 4.62. The summed E-state index contributed by atoms with van der Waals surface area (Å²) >= 11 is 0. The molecule has 1 aromatic heterocycles. The first-order valence-electron chi connectivity index (χ1n) is 7.43. The third kappa shape index (κ3) is 6.91. The van der Waals surface area contributed by atoms with Gasteiger partial charge in [0.1, 0.15) is 9.84 Å². The molecular weight excluding hydrogens is 288 g/mol. The first-order valence-corrected chi connectivity index (χ1v) is 9.25. The van der Waals surface area contributed by atoms with Gasteiger partial charge in [0, 0.05) is 24.1 Å². The Hall–Kier alpha value is -1.14. The summed E-state index contributed by atoms with van der Waals surface area (Å²) in [6, 6.07) is 4.12. The van der Waals surface area contributed by atoms with Crippen LogP contribution in [0.4, 0.5) is 0 Å². The van der Waals surface area contributed by atoms with Crippen LogP contribution in [0.3, 0.4) is 0 Å². The molecule has 120 valence electrons. The number of rotatable bonds is 10. The maximum Gasteiger partial charge on any atom is 0.212 e. The van der Waals surface area contributed by atoms with E-state index in [0.29, 0.717) is 12.3 Å². The van der Waals surface area contributed by atoms with E-state index >= 15 is 0 Å². The van der Waals surface area contributed by atoms with Crippen LogP contribution in [-0.4, -0.2) is 44.6 Å². The Labute approximate surface area is 128 Å². The van der Waals surface area contributed by atoms with E-state index in [1.165, 1.54) is 0 Å². The first kappa shape index (κ1) is 17.9. The number of nitrogens with zero attached hydrogens (tertiary/aromatic N) is 1. The van der Waals surface area contributed by atoms with Gasteiger partial charge in [-0.25, -0.2) is 13.4 Å². The molecular formula is C15H26N2O3S. The Morgan fingerprint density at radius 2 is 2.10 bits per heavy atom. The quantitative estimate of drug-likeness (QED) is 0.713. The molecule has 0 radical (unpaired) electrons. The molecule has 0 fully saturated rings.